The number of hydrogen-bond donors (Lipinski definition) is 2. The van der Waals surface area contributed by atoms with Crippen LogP contribution in [0.15, 0.2) is 30.3 Å². The van der Waals surface area contributed by atoms with Gasteiger partial charge < -0.3 is 24.8 Å². The van der Waals surface area contributed by atoms with Crippen molar-refractivity contribution < 1.29 is 28.6 Å². The van der Waals surface area contributed by atoms with E-state index in [1.54, 1.807) is 30.3 Å². The van der Waals surface area contributed by atoms with Crippen molar-refractivity contribution in [1.82, 2.24) is 10.6 Å². The minimum atomic E-state index is -0.844. The molecule has 0 aromatic heterocycles. The molecule has 22 heavy (non-hydrogen) atoms. The van der Waals surface area contributed by atoms with Gasteiger partial charge in [-0.15, -0.1) is 0 Å². The Bertz CT molecular complexity index is 505. The van der Waals surface area contributed by atoms with Gasteiger partial charge >= 0.3 is 18.2 Å². The van der Waals surface area contributed by atoms with Gasteiger partial charge in [0.25, 0.3) is 0 Å². The zero-order valence-corrected chi connectivity index (χ0v) is 12.3. The highest BCUT2D eigenvalue weighted by atomic mass is 16.6. The largest absolute Gasteiger partial charge is 0.462 e. The lowest BCUT2D eigenvalue weighted by Gasteiger charge is -2.12. The normalized spacial score (nSPS) is 11.0. The van der Waals surface area contributed by atoms with Crippen molar-refractivity contribution in [1.29, 1.82) is 0 Å². The van der Waals surface area contributed by atoms with Crippen molar-refractivity contribution in [2.24, 2.45) is 0 Å². The Morgan fingerprint density at radius 2 is 1.82 bits per heavy atom. The predicted octanol–water partition coefficient (Wildman–Crippen LogP) is 1.06. The summed E-state index contributed by atoms with van der Waals surface area (Å²) in [6, 6.07) is 7.71. The molecular weight excluding hydrogens is 292 g/mol. The van der Waals surface area contributed by atoms with E-state index in [0.717, 1.165) is 0 Å². The van der Waals surface area contributed by atoms with E-state index in [9.17, 15) is 14.4 Å². The SMILES string of the molecule is COC(=O)NC(C)C(=O)OCCNC(=O)Oc1ccccc1. The Balaban J connectivity index is 2.17. The Kier molecular flexibility index (Phi) is 7.24. The number of carbonyl (C=O) groups is 3. The van der Waals surface area contributed by atoms with Gasteiger partial charge in [-0.25, -0.2) is 14.4 Å². The third-order valence-electron chi connectivity index (χ3n) is 2.44. The Hall–Kier alpha value is -2.77. The predicted molar refractivity (Wildman–Crippen MR) is 76.4 cm³/mol. The fraction of sp³-hybridized carbons (Fsp3) is 0.357. The number of hydrogen-bond acceptors (Lipinski definition) is 6. The molecule has 0 aliphatic rings. The van der Waals surface area contributed by atoms with Crippen LogP contribution in [0.5, 0.6) is 5.75 Å². The van der Waals surface area contributed by atoms with E-state index in [0.29, 0.717) is 5.75 Å². The molecule has 0 spiro atoms. The highest BCUT2D eigenvalue weighted by Gasteiger charge is 2.17. The number of benzene rings is 1. The van der Waals surface area contributed by atoms with Crippen molar-refractivity contribution in [2.45, 2.75) is 13.0 Å². The van der Waals surface area contributed by atoms with Gasteiger partial charge in [0.1, 0.15) is 18.4 Å². The molecular formula is C14H18N2O6. The molecule has 0 bridgehead atoms. The first-order valence-electron chi connectivity index (χ1n) is 6.54. The molecule has 1 unspecified atom stereocenters. The van der Waals surface area contributed by atoms with Crippen LogP contribution in [0.1, 0.15) is 6.92 Å². The van der Waals surface area contributed by atoms with Gasteiger partial charge in [0.15, 0.2) is 0 Å². The second-order valence-corrected chi connectivity index (χ2v) is 4.15. The number of ether oxygens (including phenoxy) is 3. The van der Waals surface area contributed by atoms with Gasteiger partial charge in [-0.1, -0.05) is 18.2 Å². The lowest BCUT2D eigenvalue weighted by Crippen LogP contribution is -2.40. The summed E-state index contributed by atoms with van der Waals surface area (Å²) in [4.78, 5) is 33.8. The Labute approximate surface area is 127 Å². The third-order valence-corrected chi connectivity index (χ3v) is 2.44. The summed E-state index contributed by atoms with van der Waals surface area (Å²) in [7, 11) is 1.19. The van der Waals surface area contributed by atoms with Crippen LogP contribution in [-0.2, 0) is 14.3 Å². The van der Waals surface area contributed by atoms with Crippen LogP contribution in [-0.4, -0.2) is 44.5 Å². The molecule has 0 radical (unpaired) electrons. The van der Waals surface area contributed by atoms with Gasteiger partial charge in [-0.05, 0) is 19.1 Å². The number of alkyl carbamates (subject to hydrolysis) is 1. The molecule has 8 heteroatoms. The average molecular weight is 310 g/mol. The minimum absolute atomic E-state index is 0.0457. The summed E-state index contributed by atoms with van der Waals surface area (Å²) in [6.07, 6.45) is -1.38. The highest BCUT2D eigenvalue weighted by molar-refractivity contribution is 5.80. The number of esters is 1. The number of carbonyl (C=O) groups excluding carboxylic acids is 3. The molecule has 1 aromatic carbocycles. The number of nitrogens with one attached hydrogen (secondary N) is 2. The van der Waals surface area contributed by atoms with Crippen molar-refractivity contribution in [2.75, 3.05) is 20.3 Å². The van der Waals surface area contributed by atoms with E-state index in [2.05, 4.69) is 15.4 Å². The average Bonchev–Trinajstić information content (AvgIpc) is 2.52. The second-order valence-electron chi connectivity index (χ2n) is 4.15. The third kappa shape index (κ3) is 6.60. The molecule has 0 aliphatic carbocycles. The van der Waals surface area contributed by atoms with Crippen molar-refractivity contribution in [3.05, 3.63) is 30.3 Å². The van der Waals surface area contributed by atoms with Gasteiger partial charge in [-0.2, -0.15) is 0 Å². The summed E-state index contributed by atoms with van der Waals surface area (Å²) in [6.45, 7) is 1.49. The molecule has 1 atom stereocenters. The molecule has 2 amide bonds. The summed E-state index contributed by atoms with van der Waals surface area (Å²) >= 11 is 0. The molecule has 0 saturated carbocycles. The van der Waals surface area contributed by atoms with Gasteiger partial charge in [0.2, 0.25) is 0 Å². The molecule has 0 fully saturated rings. The topological polar surface area (TPSA) is 103 Å². The fourth-order valence-corrected chi connectivity index (χ4v) is 1.36. The number of para-hydroxylation sites is 1. The lowest BCUT2D eigenvalue weighted by atomic mass is 10.3. The summed E-state index contributed by atoms with van der Waals surface area (Å²) in [5, 5.41) is 4.69. The zero-order valence-electron chi connectivity index (χ0n) is 12.3. The van der Waals surface area contributed by atoms with Crippen molar-refractivity contribution in [3.8, 4) is 5.75 Å². The van der Waals surface area contributed by atoms with Crippen molar-refractivity contribution in [3.63, 3.8) is 0 Å². The molecule has 0 aliphatic heterocycles. The molecule has 120 valence electrons. The fourth-order valence-electron chi connectivity index (χ4n) is 1.36. The molecule has 0 saturated heterocycles. The van der Waals surface area contributed by atoms with Crippen LogP contribution >= 0.6 is 0 Å². The maximum absolute atomic E-state index is 11.5. The highest BCUT2D eigenvalue weighted by Crippen LogP contribution is 2.07. The number of rotatable bonds is 6. The van der Waals surface area contributed by atoms with Crippen LogP contribution < -0.4 is 15.4 Å². The first kappa shape index (κ1) is 17.3. The standard InChI is InChI=1S/C14H18N2O6/c1-10(16-14(19)20-2)12(17)21-9-8-15-13(18)22-11-6-4-3-5-7-11/h3-7,10H,8-9H2,1-2H3,(H,15,18)(H,16,19). The monoisotopic (exact) mass is 310 g/mol. The van der Waals surface area contributed by atoms with Crippen LogP contribution in [0, 0.1) is 0 Å². The van der Waals surface area contributed by atoms with E-state index in [1.165, 1.54) is 14.0 Å². The molecule has 0 heterocycles. The van der Waals surface area contributed by atoms with E-state index in [1.807, 2.05) is 0 Å². The minimum Gasteiger partial charge on any atom is -0.462 e. The first-order valence-corrected chi connectivity index (χ1v) is 6.54. The summed E-state index contributed by atoms with van der Waals surface area (Å²) in [5.74, 6) is -0.225. The van der Waals surface area contributed by atoms with Gasteiger partial charge in [0, 0.05) is 0 Å². The summed E-state index contributed by atoms with van der Waals surface area (Å²) < 4.78 is 14.2. The Morgan fingerprint density at radius 3 is 2.45 bits per heavy atom. The lowest BCUT2D eigenvalue weighted by molar-refractivity contribution is -0.145. The van der Waals surface area contributed by atoms with E-state index < -0.39 is 24.2 Å². The quantitative estimate of drug-likeness (QED) is 0.601. The van der Waals surface area contributed by atoms with E-state index in [-0.39, 0.29) is 13.2 Å². The Morgan fingerprint density at radius 1 is 1.14 bits per heavy atom. The van der Waals surface area contributed by atoms with Gasteiger partial charge in [-0.3, -0.25) is 0 Å². The number of methoxy groups -OCH3 is 1. The maximum Gasteiger partial charge on any atom is 0.412 e. The molecule has 1 rings (SSSR count). The zero-order chi connectivity index (χ0) is 16.4. The first-order chi connectivity index (χ1) is 10.5. The van der Waals surface area contributed by atoms with Crippen molar-refractivity contribution >= 4 is 18.2 Å². The van der Waals surface area contributed by atoms with Crippen LogP contribution in [0.2, 0.25) is 0 Å². The molecule has 1 aromatic rings. The summed E-state index contributed by atoms with van der Waals surface area (Å²) in [5.41, 5.74) is 0. The second kappa shape index (κ2) is 9.22. The van der Waals surface area contributed by atoms with E-state index in [4.69, 9.17) is 9.47 Å². The molecule has 8 nitrogen and oxygen atoms in total. The van der Waals surface area contributed by atoms with Crippen LogP contribution in [0.25, 0.3) is 0 Å². The van der Waals surface area contributed by atoms with Gasteiger partial charge in [0.05, 0.1) is 13.7 Å². The maximum atomic E-state index is 11.5. The number of amides is 2. The molecule has 2 N–H and O–H groups in total. The van der Waals surface area contributed by atoms with E-state index >= 15 is 0 Å². The van der Waals surface area contributed by atoms with Crippen LogP contribution in [0.4, 0.5) is 9.59 Å². The smallest absolute Gasteiger partial charge is 0.412 e. The van der Waals surface area contributed by atoms with Crippen LogP contribution in [0.3, 0.4) is 0 Å².